The van der Waals surface area contributed by atoms with Crippen LogP contribution in [0.5, 0.6) is 0 Å². The molecule has 10 heteroatoms. The van der Waals surface area contributed by atoms with Crippen LogP contribution in [0.25, 0.3) is 11.0 Å². The molecule has 4 rings (SSSR count). The van der Waals surface area contributed by atoms with Gasteiger partial charge >= 0.3 is 6.03 Å². The predicted octanol–water partition coefficient (Wildman–Crippen LogP) is 3.81. The highest BCUT2D eigenvalue weighted by Crippen LogP contribution is 2.29. The van der Waals surface area contributed by atoms with Crippen LogP contribution in [-0.4, -0.2) is 38.2 Å². The highest BCUT2D eigenvalue weighted by molar-refractivity contribution is 6.30. The topological polar surface area (TPSA) is 112 Å². The number of fused-ring (bicyclic) bond motifs is 1. The smallest absolute Gasteiger partial charge is 0.327 e. The van der Waals surface area contributed by atoms with Crippen LogP contribution in [0.3, 0.4) is 0 Å². The molecule has 3 N–H and O–H groups in total. The van der Waals surface area contributed by atoms with Crippen molar-refractivity contribution < 1.29 is 4.79 Å². The Kier molecular flexibility index (Phi) is 4.73. The van der Waals surface area contributed by atoms with Crippen molar-refractivity contribution in [3.05, 3.63) is 60.1 Å². The van der Waals surface area contributed by atoms with Gasteiger partial charge in [-0.1, -0.05) is 17.7 Å². The van der Waals surface area contributed by atoms with Gasteiger partial charge in [-0.25, -0.2) is 14.8 Å². The Morgan fingerprint density at radius 1 is 1.21 bits per heavy atom. The number of anilines is 4. The van der Waals surface area contributed by atoms with Crippen molar-refractivity contribution in [2.24, 2.45) is 0 Å². The Morgan fingerprint density at radius 2 is 2.11 bits per heavy atom. The Morgan fingerprint density at radius 3 is 2.89 bits per heavy atom. The molecule has 0 spiro atoms. The molecule has 0 aliphatic rings. The van der Waals surface area contributed by atoms with E-state index in [1.165, 1.54) is 11.2 Å². The Bertz CT molecular complexity index is 1130. The van der Waals surface area contributed by atoms with Crippen molar-refractivity contribution in [1.29, 1.82) is 0 Å². The number of nitrogens with zero attached hydrogens (tertiary/aromatic N) is 5. The minimum Gasteiger partial charge on any atom is -0.339 e. The number of hydrogen-bond acceptors (Lipinski definition) is 6. The standard InChI is InChI=1S/C18H15ClN8O/c1-27(13-6-3-7-20-9-13)18(28)24-17-14-15(21-10-22-16(14)25-26-17)23-12-5-2-4-11(19)8-12/h2-10H,1H3,(H3,21,22,23,24,25,26,28). The number of aromatic amines is 1. The van der Waals surface area contributed by atoms with Crippen LogP contribution in [0.15, 0.2) is 55.1 Å². The predicted molar refractivity (Wildman–Crippen MR) is 108 cm³/mol. The SMILES string of the molecule is CN(C(=O)Nc1[nH]nc2ncnc(Nc3cccc(Cl)c3)c12)c1cccnc1. The van der Waals surface area contributed by atoms with Crippen LogP contribution in [-0.2, 0) is 0 Å². The Labute approximate surface area is 164 Å². The second-order valence-electron chi connectivity index (χ2n) is 5.86. The number of aromatic nitrogens is 5. The first-order valence-corrected chi connectivity index (χ1v) is 8.66. The minimum atomic E-state index is -0.365. The lowest BCUT2D eigenvalue weighted by Gasteiger charge is -2.17. The van der Waals surface area contributed by atoms with Crippen LogP contribution in [0, 0.1) is 0 Å². The van der Waals surface area contributed by atoms with E-state index < -0.39 is 0 Å². The van der Waals surface area contributed by atoms with Crippen molar-refractivity contribution >= 4 is 51.7 Å². The fraction of sp³-hybridized carbons (Fsp3) is 0.0556. The summed E-state index contributed by atoms with van der Waals surface area (Å²) >= 11 is 6.04. The van der Waals surface area contributed by atoms with Crippen molar-refractivity contribution in [3.63, 3.8) is 0 Å². The van der Waals surface area contributed by atoms with E-state index in [1.54, 1.807) is 43.7 Å². The minimum absolute atomic E-state index is 0.365. The van der Waals surface area contributed by atoms with E-state index in [-0.39, 0.29) is 6.03 Å². The second-order valence-corrected chi connectivity index (χ2v) is 6.29. The van der Waals surface area contributed by atoms with Gasteiger partial charge in [0.1, 0.15) is 23.3 Å². The summed E-state index contributed by atoms with van der Waals surface area (Å²) in [6.07, 6.45) is 4.63. The maximum absolute atomic E-state index is 12.6. The van der Waals surface area contributed by atoms with E-state index in [9.17, 15) is 4.79 Å². The summed E-state index contributed by atoms with van der Waals surface area (Å²) in [4.78, 5) is 26.5. The van der Waals surface area contributed by atoms with Gasteiger partial charge in [0, 0.05) is 24.0 Å². The van der Waals surface area contributed by atoms with Gasteiger partial charge < -0.3 is 5.32 Å². The zero-order valence-corrected chi connectivity index (χ0v) is 15.5. The van der Waals surface area contributed by atoms with Crippen molar-refractivity contribution in [1.82, 2.24) is 25.1 Å². The lowest BCUT2D eigenvalue weighted by Crippen LogP contribution is -2.31. The summed E-state index contributed by atoms with van der Waals surface area (Å²) in [5, 5.41) is 14.0. The first-order chi connectivity index (χ1) is 13.6. The number of benzene rings is 1. The molecule has 0 saturated carbocycles. The number of halogens is 1. The maximum atomic E-state index is 12.6. The number of urea groups is 1. The van der Waals surface area contributed by atoms with Gasteiger partial charge in [-0.05, 0) is 30.3 Å². The van der Waals surface area contributed by atoms with Crippen LogP contribution < -0.4 is 15.5 Å². The zero-order chi connectivity index (χ0) is 19.5. The van der Waals surface area contributed by atoms with Crippen LogP contribution >= 0.6 is 11.6 Å². The van der Waals surface area contributed by atoms with Gasteiger partial charge in [-0.2, -0.15) is 5.10 Å². The number of pyridine rings is 1. The highest BCUT2D eigenvalue weighted by atomic mass is 35.5. The third kappa shape index (κ3) is 3.55. The van der Waals surface area contributed by atoms with Gasteiger partial charge in [0.2, 0.25) is 0 Å². The molecule has 3 aromatic heterocycles. The molecule has 0 radical (unpaired) electrons. The fourth-order valence-electron chi connectivity index (χ4n) is 2.60. The van der Waals surface area contributed by atoms with Gasteiger partial charge in [0.05, 0.1) is 11.9 Å². The molecule has 3 heterocycles. The number of carbonyl (C=O) groups is 1. The molecule has 0 unspecified atom stereocenters. The first kappa shape index (κ1) is 17.7. The summed E-state index contributed by atoms with van der Waals surface area (Å²) in [5.41, 5.74) is 1.81. The molecule has 4 aromatic rings. The molecule has 0 saturated heterocycles. The van der Waals surface area contributed by atoms with E-state index in [2.05, 4.69) is 35.8 Å². The van der Waals surface area contributed by atoms with Crippen molar-refractivity contribution in [3.8, 4) is 0 Å². The molecular weight excluding hydrogens is 380 g/mol. The van der Waals surface area contributed by atoms with E-state index in [0.29, 0.717) is 33.4 Å². The highest BCUT2D eigenvalue weighted by Gasteiger charge is 2.18. The molecule has 28 heavy (non-hydrogen) atoms. The number of H-pyrrole nitrogens is 1. The molecule has 0 bridgehead atoms. The molecule has 0 aliphatic carbocycles. The van der Waals surface area contributed by atoms with E-state index >= 15 is 0 Å². The fourth-order valence-corrected chi connectivity index (χ4v) is 2.79. The Hall–Kier alpha value is -3.72. The summed E-state index contributed by atoms with van der Waals surface area (Å²) in [5.74, 6) is 0.862. The molecule has 0 fully saturated rings. The zero-order valence-electron chi connectivity index (χ0n) is 14.7. The quantitative estimate of drug-likeness (QED) is 0.485. The summed E-state index contributed by atoms with van der Waals surface area (Å²) in [7, 11) is 1.65. The molecule has 0 atom stereocenters. The van der Waals surface area contributed by atoms with E-state index in [1.807, 2.05) is 12.1 Å². The third-order valence-electron chi connectivity index (χ3n) is 4.01. The van der Waals surface area contributed by atoms with Crippen LogP contribution in [0.1, 0.15) is 0 Å². The van der Waals surface area contributed by atoms with Crippen LogP contribution in [0.4, 0.5) is 27.8 Å². The maximum Gasteiger partial charge on any atom is 0.327 e. The van der Waals surface area contributed by atoms with E-state index in [0.717, 1.165) is 5.69 Å². The number of amides is 2. The number of hydrogen-bond donors (Lipinski definition) is 3. The summed E-state index contributed by atoms with van der Waals surface area (Å²) < 4.78 is 0. The number of nitrogens with one attached hydrogen (secondary N) is 3. The molecule has 140 valence electrons. The van der Waals surface area contributed by atoms with Crippen molar-refractivity contribution in [2.45, 2.75) is 0 Å². The monoisotopic (exact) mass is 394 g/mol. The largest absolute Gasteiger partial charge is 0.339 e. The lowest BCUT2D eigenvalue weighted by atomic mass is 10.3. The summed E-state index contributed by atoms with van der Waals surface area (Å²) in [6.45, 7) is 0. The summed E-state index contributed by atoms with van der Waals surface area (Å²) in [6, 6.07) is 10.4. The third-order valence-corrected chi connectivity index (χ3v) is 4.24. The lowest BCUT2D eigenvalue weighted by molar-refractivity contribution is 0.258. The Balaban J connectivity index is 1.64. The number of rotatable bonds is 4. The van der Waals surface area contributed by atoms with E-state index in [4.69, 9.17) is 11.6 Å². The molecule has 9 nitrogen and oxygen atoms in total. The average Bonchev–Trinajstić information content (AvgIpc) is 3.12. The van der Waals surface area contributed by atoms with Gasteiger partial charge in [0.15, 0.2) is 5.65 Å². The van der Waals surface area contributed by atoms with Crippen LogP contribution in [0.2, 0.25) is 5.02 Å². The normalized spacial score (nSPS) is 10.6. The van der Waals surface area contributed by atoms with Gasteiger partial charge in [-0.3, -0.25) is 20.3 Å². The molecule has 1 aromatic carbocycles. The first-order valence-electron chi connectivity index (χ1n) is 8.28. The molecular formula is C18H15ClN8O. The average molecular weight is 395 g/mol. The second kappa shape index (κ2) is 7.49. The number of carbonyl (C=O) groups excluding carboxylic acids is 1. The van der Waals surface area contributed by atoms with Crippen molar-refractivity contribution in [2.75, 3.05) is 22.6 Å². The van der Waals surface area contributed by atoms with Gasteiger partial charge in [0.25, 0.3) is 0 Å². The molecule has 0 aliphatic heterocycles. The van der Waals surface area contributed by atoms with Gasteiger partial charge in [-0.15, -0.1) is 0 Å². The molecule has 2 amide bonds.